The number of carbonyl (C=O) groups excluding carboxylic acids is 1. The monoisotopic (exact) mass is 328 g/mol. The van der Waals surface area contributed by atoms with E-state index in [9.17, 15) is 4.79 Å². The van der Waals surface area contributed by atoms with Crippen molar-refractivity contribution >= 4 is 18.3 Å². The Morgan fingerprint density at radius 1 is 1.27 bits per heavy atom. The van der Waals surface area contributed by atoms with Gasteiger partial charge in [-0.2, -0.15) is 0 Å². The predicted octanol–water partition coefficient (Wildman–Crippen LogP) is 2.92. The molecule has 0 aliphatic carbocycles. The molecule has 0 unspecified atom stereocenters. The van der Waals surface area contributed by atoms with E-state index in [0.717, 1.165) is 17.9 Å². The van der Waals surface area contributed by atoms with Crippen molar-refractivity contribution in [1.82, 2.24) is 10.6 Å². The number of ether oxygens (including phenoxy) is 1. The lowest BCUT2D eigenvalue weighted by Crippen LogP contribution is -2.39. The van der Waals surface area contributed by atoms with Crippen LogP contribution >= 0.6 is 12.4 Å². The van der Waals surface area contributed by atoms with E-state index in [4.69, 9.17) is 4.74 Å². The molecule has 1 amide bonds. The second kappa shape index (κ2) is 10.5. The van der Waals surface area contributed by atoms with E-state index in [1.165, 1.54) is 11.1 Å². The van der Waals surface area contributed by atoms with Crippen molar-refractivity contribution in [2.75, 3.05) is 19.7 Å². The smallest absolute Gasteiger partial charge is 0.223 e. The summed E-state index contributed by atoms with van der Waals surface area (Å²) in [5.41, 5.74) is 3.53. The fourth-order valence-electron chi connectivity index (χ4n) is 2.18. The van der Waals surface area contributed by atoms with Crippen LogP contribution in [0.15, 0.2) is 12.1 Å². The highest BCUT2D eigenvalue weighted by molar-refractivity contribution is 5.85. The molecule has 1 rings (SSSR count). The Balaban J connectivity index is 0.00000441. The highest BCUT2D eigenvalue weighted by Gasteiger charge is 2.07. The average Bonchev–Trinajstić information content (AvgIpc) is 2.42. The average molecular weight is 329 g/mol. The van der Waals surface area contributed by atoms with Crippen LogP contribution in [-0.4, -0.2) is 31.6 Å². The Labute approximate surface area is 140 Å². The van der Waals surface area contributed by atoms with Gasteiger partial charge < -0.3 is 15.4 Å². The van der Waals surface area contributed by atoms with Crippen LogP contribution in [0.1, 0.15) is 37.0 Å². The minimum atomic E-state index is 0. The van der Waals surface area contributed by atoms with Gasteiger partial charge >= 0.3 is 0 Å². The summed E-state index contributed by atoms with van der Waals surface area (Å²) in [5.74, 6) is 0.906. The maximum absolute atomic E-state index is 11.7. The summed E-state index contributed by atoms with van der Waals surface area (Å²) in [6.45, 7) is 12.2. The lowest BCUT2D eigenvalue weighted by atomic mass is 10.1. The molecule has 0 aromatic heterocycles. The van der Waals surface area contributed by atoms with Crippen LogP contribution in [0.4, 0.5) is 0 Å². The number of benzene rings is 1. The molecule has 0 spiro atoms. The molecule has 2 N–H and O–H groups in total. The zero-order valence-corrected chi connectivity index (χ0v) is 15.1. The lowest BCUT2D eigenvalue weighted by molar-refractivity contribution is -0.121. The van der Waals surface area contributed by atoms with Gasteiger partial charge in [-0.05, 0) is 57.0 Å². The summed E-state index contributed by atoms with van der Waals surface area (Å²) < 4.78 is 5.75. The summed E-state index contributed by atoms with van der Waals surface area (Å²) in [7, 11) is 0. The van der Waals surface area contributed by atoms with Gasteiger partial charge in [0.25, 0.3) is 0 Å². The Morgan fingerprint density at radius 2 is 1.95 bits per heavy atom. The number of likely N-dealkylation sites (N-methyl/N-ethyl adjacent to an activating group) is 1. The zero-order chi connectivity index (χ0) is 15.8. The number of rotatable bonds is 8. The molecule has 0 radical (unpaired) electrons. The van der Waals surface area contributed by atoms with Gasteiger partial charge in [0, 0.05) is 12.6 Å². The van der Waals surface area contributed by atoms with Gasteiger partial charge in [-0.25, -0.2) is 0 Å². The SMILES string of the molecule is CCN[C@H](C)CNC(=O)CCOc1cc(C)cc(C)c1C.Cl. The van der Waals surface area contributed by atoms with Crippen molar-refractivity contribution in [3.05, 3.63) is 28.8 Å². The highest BCUT2D eigenvalue weighted by Crippen LogP contribution is 2.23. The number of halogens is 1. The number of aryl methyl sites for hydroxylation is 2. The maximum Gasteiger partial charge on any atom is 0.223 e. The quantitative estimate of drug-likeness (QED) is 0.771. The van der Waals surface area contributed by atoms with E-state index in [2.05, 4.69) is 37.5 Å². The van der Waals surface area contributed by atoms with Crippen LogP contribution in [0.5, 0.6) is 5.75 Å². The van der Waals surface area contributed by atoms with E-state index < -0.39 is 0 Å². The minimum Gasteiger partial charge on any atom is -0.493 e. The van der Waals surface area contributed by atoms with E-state index >= 15 is 0 Å². The molecule has 0 saturated heterocycles. The molecule has 0 bridgehead atoms. The van der Waals surface area contributed by atoms with Crippen molar-refractivity contribution in [3.63, 3.8) is 0 Å². The third-order valence-corrected chi connectivity index (χ3v) is 3.51. The van der Waals surface area contributed by atoms with E-state index in [1.54, 1.807) is 0 Å². The Bertz CT molecular complexity index is 478. The van der Waals surface area contributed by atoms with Crippen LogP contribution in [0, 0.1) is 20.8 Å². The molecule has 4 nitrogen and oxygen atoms in total. The van der Waals surface area contributed by atoms with Gasteiger partial charge in [0.15, 0.2) is 0 Å². The number of nitrogens with one attached hydrogen (secondary N) is 2. The molecular formula is C17H29ClN2O2. The second-order valence-corrected chi connectivity index (χ2v) is 5.57. The summed E-state index contributed by atoms with van der Waals surface area (Å²) in [6.07, 6.45) is 0.380. The highest BCUT2D eigenvalue weighted by atomic mass is 35.5. The van der Waals surface area contributed by atoms with Crippen LogP contribution in [0.25, 0.3) is 0 Å². The standard InChI is InChI=1S/C17H28N2O2.ClH/c1-6-18-14(4)11-19-17(20)7-8-21-16-10-12(2)9-13(3)15(16)5;/h9-10,14,18H,6-8,11H2,1-5H3,(H,19,20);1H/t14-;/m1./s1. The molecule has 0 saturated carbocycles. The van der Waals surface area contributed by atoms with Crippen molar-refractivity contribution in [2.45, 2.75) is 47.1 Å². The van der Waals surface area contributed by atoms with Gasteiger partial charge in [0.2, 0.25) is 5.91 Å². The first-order valence-electron chi connectivity index (χ1n) is 7.64. The molecule has 5 heteroatoms. The molecule has 1 atom stereocenters. The molecule has 126 valence electrons. The minimum absolute atomic E-state index is 0. The fourth-order valence-corrected chi connectivity index (χ4v) is 2.18. The summed E-state index contributed by atoms with van der Waals surface area (Å²) in [5, 5.41) is 6.17. The predicted molar refractivity (Wildman–Crippen MR) is 94.2 cm³/mol. The number of amides is 1. The Hall–Kier alpha value is -1.26. The maximum atomic E-state index is 11.7. The van der Waals surface area contributed by atoms with Crippen LogP contribution in [-0.2, 0) is 4.79 Å². The van der Waals surface area contributed by atoms with Gasteiger partial charge in [-0.15, -0.1) is 12.4 Å². The van der Waals surface area contributed by atoms with E-state index in [1.807, 2.05) is 19.9 Å². The fraction of sp³-hybridized carbons (Fsp3) is 0.588. The van der Waals surface area contributed by atoms with Crippen LogP contribution in [0.2, 0.25) is 0 Å². The molecule has 1 aromatic rings. The zero-order valence-electron chi connectivity index (χ0n) is 14.3. The molecule has 0 aliphatic heterocycles. The normalized spacial score (nSPS) is 11.5. The first kappa shape index (κ1) is 20.7. The Morgan fingerprint density at radius 3 is 2.59 bits per heavy atom. The number of carbonyl (C=O) groups is 1. The van der Waals surface area contributed by atoms with Crippen LogP contribution in [0.3, 0.4) is 0 Å². The van der Waals surface area contributed by atoms with Crippen molar-refractivity contribution in [1.29, 1.82) is 0 Å². The lowest BCUT2D eigenvalue weighted by Gasteiger charge is -2.14. The van der Waals surface area contributed by atoms with Crippen molar-refractivity contribution < 1.29 is 9.53 Å². The first-order valence-corrected chi connectivity index (χ1v) is 7.64. The van der Waals surface area contributed by atoms with Gasteiger partial charge in [0.05, 0.1) is 13.0 Å². The second-order valence-electron chi connectivity index (χ2n) is 5.57. The summed E-state index contributed by atoms with van der Waals surface area (Å²) >= 11 is 0. The third-order valence-electron chi connectivity index (χ3n) is 3.51. The van der Waals surface area contributed by atoms with Crippen LogP contribution < -0.4 is 15.4 Å². The number of hydrogen-bond acceptors (Lipinski definition) is 3. The van der Waals surface area contributed by atoms with Gasteiger partial charge in [-0.1, -0.05) is 13.0 Å². The summed E-state index contributed by atoms with van der Waals surface area (Å²) in [4.78, 5) is 11.7. The molecule has 0 fully saturated rings. The van der Waals surface area contributed by atoms with Crippen molar-refractivity contribution in [3.8, 4) is 5.75 Å². The largest absolute Gasteiger partial charge is 0.493 e. The molecule has 1 aromatic carbocycles. The van der Waals surface area contributed by atoms with E-state index in [0.29, 0.717) is 25.6 Å². The molecule has 0 heterocycles. The topological polar surface area (TPSA) is 50.4 Å². The number of hydrogen-bond donors (Lipinski definition) is 2. The van der Waals surface area contributed by atoms with E-state index in [-0.39, 0.29) is 18.3 Å². The van der Waals surface area contributed by atoms with Gasteiger partial charge in [0.1, 0.15) is 5.75 Å². The molecule has 22 heavy (non-hydrogen) atoms. The Kier molecular flexibility index (Phi) is 9.86. The van der Waals surface area contributed by atoms with Gasteiger partial charge in [-0.3, -0.25) is 4.79 Å². The van der Waals surface area contributed by atoms with Crippen molar-refractivity contribution in [2.24, 2.45) is 0 Å². The third kappa shape index (κ3) is 7.14. The molecule has 0 aliphatic rings. The first-order chi connectivity index (χ1) is 9.93. The summed E-state index contributed by atoms with van der Waals surface area (Å²) in [6, 6.07) is 4.45. The molecular weight excluding hydrogens is 300 g/mol.